The molecule has 0 unspecified atom stereocenters. The molecule has 1 N–H and O–H groups in total. The van der Waals surface area contributed by atoms with Gasteiger partial charge in [-0.05, 0) is 28.8 Å². The largest absolute Gasteiger partial charge is 0.436 e. The van der Waals surface area contributed by atoms with Gasteiger partial charge in [-0.1, -0.05) is 0 Å². The first-order valence-corrected chi connectivity index (χ1v) is 8.70. The van der Waals surface area contributed by atoms with Crippen LogP contribution < -0.4 is 16.6 Å². The standard InChI is InChI=1S/C15H15BrF3N5O3/c1-22-8(5-10(26)23(2)14(22)27)20-9(25)6-24-12(7-3-4-7)11(16)13(21-24)15(17,18)19/h5,7H,3-4,6H2,1-2H3,(H,20,25). The molecule has 1 aliphatic carbocycles. The molecule has 0 radical (unpaired) electrons. The summed E-state index contributed by atoms with van der Waals surface area (Å²) in [5, 5.41) is 5.92. The minimum atomic E-state index is -4.65. The van der Waals surface area contributed by atoms with E-state index in [0.29, 0.717) is 18.5 Å². The summed E-state index contributed by atoms with van der Waals surface area (Å²) in [5.74, 6) is -0.851. The van der Waals surface area contributed by atoms with Gasteiger partial charge in [0.1, 0.15) is 12.4 Å². The van der Waals surface area contributed by atoms with Crippen LogP contribution >= 0.6 is 15.9 Å². The van der Waals surface area contributed by atoms with Crippen LogP contribution in [-0.2, 0) is 31.6 Å². The van der Waals surface area contributed by atoms with E-state index in [1.807, 2.05) is 0 Å². The lowest BCUT2D eigenvalue weighted by Crippen LogP contribution is -2.38. The van der Waals surface area contributed by atoms with E-state index in [1.54, 1.807) is 0 Å². The normalized spacial score (nSPS) is 14.4. The molecule has 0 bridgehead atoms. The number of hydrogen-bond acceptors (Lipinski definition) is 4. The first-order valence-electron chi connectivity index (χ1n) is 7.91. The molecule has 3 rings (SSSR count). The van der Waals surface area contributed by atoms with Crippen molar-refractivity contribution in [1.82, 2.24) is 18.9 Å². The minimum Gasteiger partial charge on any atom is -0.310 e. The van der Waals surface area contributed by atoms with Crippen molar-refractivity contribution in [2.75, 3.05) is 5.32 Å². The average molecular weight is 450 g/mol. The first kappa shape index (κ1) is 19.4. The van der Waals surface area contributed by atoms with Gasteiger partial charge in [-0.25, -0.2) is 4.79 Å². The molecule has 2 heterocycles. The third-order valence-corrected chi connectivity index (χ3v) is 5.03. The molecule has 0 atom stereocenters. The zero-order chi connectivity index (χ0) is 20.1. The van der Waals surface area contributed by atoms with E-state index in [0.717, 1.165) is 19.9 Å². The Morgan fingerprint density at radius 1 is 1.30 bits per heavy atom. The van der Waals surface area contributed by atoms with Crippen LogP contribution in [0.5, 0.6) is 0 Å². The minimum absolute atomic E-state index is 0.0525. The zero-order valence-corrected chi connectivity index (χ0v) is 15.9. The Kier molecular flexibility index (Phi) is 4.78. The van der Waals surface area contributed by atoms with Crippen molar-refractivity contribution in [3.05, 3.63) is 42.8 Å². The number of halogens is 4. The summed E-state index contributed by atoms with van der Waals surface area (Å²) >= 11 is 2.95. The topological polar surface area (TPSA) is 90.9 Å². The van der Waals surface area contributed by atoms with Gasteiger partial charge in [-0.3, -0.25) is 23.4 Å². The molecule has 1 saturated carbocycles. The summed E-state index contributed by atoms with van der Waals surface area (Å²) in [5.41, 5.74) is -2.03. The van der Waals surface area contributed by atoms with Gasteiger partial charge < -0.3 is 5.32 Å². The van der Waals surface area contributed by atoms with E-state index < -0.39 is 35.6 Å². The maximum atomic E-state index is 13.1. The fraction of sp³-hybridized carbons (Fsp3) is 0.467. The highest BCUT2D eigenvalue weighted by atomic mass is 79.9. The summed E-state index contributed by atoms with van der Waals surface area (Å²) in [4.78, 5) is 35.9. The van der Waals surface area contributed by atoms with E-state index in [4.69, 9.17) is 0 Å². The molecule has 12 heteroatoms. The van der Waals surface area contributed by atoms with Gasteiger partial charge in [-0.15, -0.1) is 0 Å². The third-order valence-electron chi connectivity index (χ3n) is 4.25. The van der Waals surface area contributed by atoms with Crippen LogP contribution in [0.15, 0.2) is 20.1 Å². The van der Waals surface area contributed by atoms with Crippen LogP contribution in [0.1, 0.15) is 30.1 Å². The number of alkyl halides is 3. The number of nitrogens with zero attached hydrogens (tertiary/aromatic N) is 4. The molecule has 1 aliphatic rings. The summed E-state index contributed by atoms with van der Waals surface area (Å²) in [7, 11) is 2.65. The summed E-state index contributed by atoms with van der Waals surface area (Å²) in [6.45, 7) is -0.482. The van der Waals surface area contributed by atoms with Crippen molar-refractivity contribution in [2.24, 2.45) is 14.1 Å². The van der Waals surface area contributed by atoms with E-state index in [-0.39, 0.29) is 16.2 Å². The Morgan fingerprint density at radius 3 is 2.48 bits per heavy atom. The Morgan fingerprint density at radius 2 is 1.93 bits per heavy atom. The van der Waals surface area contributed by atoms with Crippen LogP contribution in [0.4, 0.5) is 19.0 Å². The van der Waals surface area contributed by atoms with Crippen LogP contribution in [0.3, 0.4) is 0 Å². The second kappa shape index (κ2) is 6.66. The molecule has 146 valence electrons. The van der Waals surface area contributed by atoms with E-state index in [9.17, 15) is 27.6 Å². The second-order valence-electron chi connectivity index (χ2n) is 6.29. The number of nitrogens with one attached hydrogen (secondary N) is 1. The monoisotopic (exact) mass is 449 g/mol. The second-order valence-corrected chi connectivity index (χ2v) is 7.09. The fourth-order valence-electron chi connectivity index (χ4n) is 2.67. The van der Waals surface area contributed by atoms with Crippen molar-refractivity contribution in [3.63, 3.8) is 0 Å². The Hall–Kier alpha value is -2.37. The van der Waals surface area contributed by atoms with E-state index >= 15 is 0 Å². The highest BCUT2D eigenvalue weighted by Gasteiger charge is 2.42. The summed E-state index contributed by atoms with van der Waals surface area (Å²) in [6, 6.07) is 1.06. The highest BCUT2D eigenvalue weighted by Crippen LogP contribution is 2.46. The molecule has 8 nitrogen and oxygen atoms in total. The lowest BCUT2D eigenvalue weighted by Gasteiger charge is -2.12. The summed E-state index contributed by atoms with van der Waals surface area (Å²) in [6.07, 6.45) is -3.22. The summed E-state index contributed by atoms with van der Waals surface area (Å²) < 4.78 is 42.1. The molecule has 2 aromatic heterocycles. The van der Waals surface area contributed by atoms with E-state index in [2.05, 4.69) is 26.3 Å². The van der Waals surface area contributed by atoms with Crippen molar-refractivity contribution in [1.29, 1.82) is 0 Å². The maximum Gasteiger partial charge on any atom is 0.436 e. The number of amides is 1. The molecule has 0 aromatic carbocycles. The number of rotatable bonds is 4. The number of anilines is 1. The average Bonchev–Trinajstić information content (AvgIpc) is 3.34. The van der Waals surface area contributed by atoms with E-state index in [1.165, 1.54) is 14.1 Å². The smallest absolute Gasteiger partial charge is 0.310 e. The Bertz CT molecular complexity index is 1030. The fourth-order valence-corrected chi connectivity index (χ4v) is 3.51. The molecule has 1 fully saturated rings. The maximum absolute atomic E-state index is 13.1. The van der Waals surface area contributed by atoms with Crippen molar-refractivity contribution < 1.29 is 18.0 Å². The molecule has 0 aliphatic heterocycles. The zero-order valence-electron chi connectivity index (χ0n) is 14.3. The van der Waals surface area contributed by atoms with Gasteiger partial charge in [0.2, 0.25) is 5.91 Å². The lowest BCUT2D eigenvalue weighted by molar-refractivity contribution is -0.142. The SMILES string of the molecule is Cn1c(NC(=O)Cn2nc(C(F)(F)F)c(Br)c2C2CC2)cc(=O)n(C)c1=O. The van der Waals surface area contributed by atoms with Gasteiger partial charge >= 0.3 is 11.9 Å². The quantitative estimate of drug-likeness (QED) is 0.766. The Balaban J connectivity index is 1.89. The molecule has 27 heavy (non-hydrogen) atoms. The molecule has 1 amide bonds. The molecule has 0 saturated heterocycles. The molecular formula is C15H15BrF3N5O3. The van der Waals surface area contributed by atoms with Gasteiger partial charge in [0.15, 0.2) is 5.69 Å². The molecular weight excluding hydrogens is 435 g/mol. The Labute approximate surface area is 158 Å². The van der Waals surface area contributed by atoms with Crippen molar-refractivity contribution in [2.45, 2.75) is 31.5 Å². The van der Waals surface area contributed by atoms with Gasteiger partial charge in [0.05, 0.1) is 10.2 Å². The van der Waals surface area contributed by atoms with Crippen LogP contribution in [-0.4, -0.2) is 24.8 Å². The predicted octanol–water partition coefficient (Wildman–Crippen LogP) is 1.58. The van der Waals surface area contributed by atoms with Gasteiger partial charge in [0.25, 0.3) is 5.56 Å². The van der Waals surface area contributed by atoms with Gasteiger partial charge in [0, 0.05) is 26.1 Å². The highest BCUT2D eigenvalue weighted by molar-refractivity contribution is 9.10. The number of hydrogen-bond donors (Lipinski definition) is 1. The number of carbonyl (C=O) groups is 1. The van der Waals surface area contributed by atoms with Crippen LogP contribution in [0, 0.1) is 0 Å². The third kappa shape index (κ3) is 3.70. The van der Waals surface area contributed by atoms with Crippen molar-refractivity contribution >= 4 is 27.7 Å². The predicted molar refractivity (Wildman–Crippen MR) is 92.5 cm³/mol. The van der Waals surface area contributed by atoms with Crippen LogP contribution in [0.2, 0.25) is 0 Å². The molecule has 0 spiro atoms. The number of aromatic nitrogens is 4. The number of carbonyl (C=O) groups excluding carboxylic acids is 1. The first-order chi connectivity index (χ1) is 12.5. The van der Waals surface area contributed by atoms with Crippen molar-refractivity contribution in [3.8, 4) is 0 Å². The lowest BCUT2D eigenvalue weighted by atomic mass is 10.2. The molecule has 2 aromatic rings. The van der Waals surface area contributed by atoms with Crippen LogP contribution in [0.25, 0.3) is 0 Å². The van der Waals surface area contributed by atoms with Gasteiger partial charge in [-0.2, -0.15) is 18.3 Å².